The summed E-state index contributed by atoms with van der Waals surface area (Å²) in [5, 5.41) is 2.87. The minimum Gasteiger partial charge on any atom is -0.356 e. The SMILES string of the molecule is C#CCCCNC(=O)CCC(CC)CCN. The Labute approximate surface area is 99.2 Å². The van der Waals surface area contributed by atoms with Crippen molar-refractivity contribution in [1.29, 1.82) is 0 Å². The van der Waals surface area contributed by atoms with Crippen molar-refractivity contribution in [1.82, 2.24) is 5.32 Å². The van der Waals surface area contributed by atoms with Gasteiger partial charge >= 0.3 is 0 Å². The van der Waals surface area contributed by atoms with Crippen molar-refractivity contribution in [2.24, 2.45) is 11.7 Å². The Morgan fingerprint density at radius 2 is 2.25 bits per heavy atom. The van der Waals surface area contributed by atoms with Gasteiger partial charge in [0.05, 0.1) is 0 Å². The van der Waals surface area contributed by atoms with Gasteiger partial charge in [-0.25, -0.2) is 0 Å². The van der Waals surface area contributed by atoms with Crippen LogP contribution in [0.15, 0.2) is 0 Å². The van der Waals surface area contributed by atoms with Crippen LogP contribution >= 0.6 is 0 Å². The largest absolute Gasteiger partial charge is 0.356 e. The molecule has 92 valence electrons. The van der Waals surface area contributed by atoms with Crippen LogP contribution in [0.3, 0.4) is 0 Å². The Kier molecular flexibility index (Phi) is 9.84. The van der Waals surface area contributed by atoms with Gasteiger partial charge in [0, 0.05) is 19.4 Å². The van der Waals surface area contributed by atoms with Crippen molar-refractivity contribution in [3.63, 3.8) is 0 Å². The van der Waals surface area contributed by atoms with Crippen molar-refractivity contribution in [2.45, 2.75) is 45.4 Å². The van der Waals surface area contributed by atoms with Crippen molar-refractivity contribution in [3.05, 3.63) is 0 Å². The third-order valence-electron chi connectivity index (χ3n) is 2.75. The summed E-state index contributed by atoms with van der Waals surface area (Å²) in [5.74, 6) is 3.27. The van der Waals surface area contributed by atoms with Gasteiger partial charge in [-0.3, -0.25) is 4.79 Å². The van der Waals surface area contributed by atoms with Crippen LogP contribution in [0.2, 0.25) is 0 Å². The Bertz CT molecular complexity index is 220. The fourth-order valence-corrected chi connectivity index (χ4v) is 1.63. The summed E-state index contributed by atoms with van der Waals surface area (Å²) in [6, 6.07) is 0. The Morgan fingerprint density at radius 3 is 2.81 bits per heavy atom. The molecule has 0 bridgehead atoms. The zero-order chi connectivity index (χ0) is 12.2. The second-order valence-electron chi connectivity index (χ2n) is 4.05. The Morgan fingerprint density at radius 1 is 1.50 bits per heavy atom. The first-order valence-electron chi connectivity index (χ1n) is 6.14. The Hall–Kier alpha value is -1.01. The number of rotatable bonds is 9. The molecule has 0 aliphatic heterocycles. The molecule has 1 unspecified atom stereocenters. The van der Waals surface area contributed by atoms with Gasteiger partial charge in [-0.15, -0.1) is 12.3 Å². The highest BCUT2D eigenvalue weighted by Gasteiger charge is 2.08. The normalized spacial score (nSPS) is 11.8. The van der Waals surface area contributed by atoms with E-state index in [0.717, 1.165) is 32.1 Å². The summed E-state index contributed by atoms with van der Waals surface area (Å²) in [5.41, 5.74) is 5.51. The summed E-state index contributed by atoms with van der Waals surface area (Å²) >= 11 is 0. The number of terminal acetylenes is 1. The van der Waals surface area contributed by atoms with E-state index in [1.54, 1.807) is 0 Å². The van der Waals surface area contributed by atoms with E-state index in [1.807, 2.05) is 0 Å². The number of carbonyl (C=O) groups is 1. The number of hydrogen-bond acceptors (Lipinski definition) is 2. The van der Waals surface area contributed by atoms with Gasteiger partial charge in [-0.05, 0) is 31.7 Å². The lowest BCUT2D eigenvalue weighted by molar-refractivity contribution is -0.121. The minimum atomic E-state index is 0.132. The molecule has 0 saturated heterocycles. The molecule has 0 aromatic heterocycles. The fraction of sp³-hybridized carbons (Fsp3) is 0.769. The van der Waals surface area contributed by atoms with Gasteiger partial charge in [0.1, 0.15) is 0 Å². The van der Waals surface area contributed by atoms with Crippen molar-refractivity contribution in [3.8, 4) is 12.3 Å². The molecule has 0 radical (unpaired) electrons. The molecule has 16 heavy (non-hydrogen) atoms. The van der Waals surface area contributed by atoms with Crippen LogP contribution in [0.25, 0.3) is 0 Å². The predicted octanol–water partition coefficient (Wildman–Crippen LogP) is 1.67. The van der Waals surface area contributed by atoms with Crippen molar-refractivity contribution in [2.75, 3.05) is 13.1 Å². The van der Waals surface area contributed by atoms with E-state index < -0.39 is 0 Å². The first-order chi connectivity index (χ1) is 7.74. The molecule has 0 aromatic carbocycles. The van der Waals surface area contributed by atoms with E-state index in [-0.39, 0.29) is 5.91 Å². The molecular formula is C13H24N2O. The number of amides is 1. The molecule has 3 N–H and O–H groups in total. The molecule has 0 aliphatic carbocycles. The van der Waals surface area contributed by atoms with Gasteiger partial charge in [0.15, 0.2) is 0 Å². The smallest absolute Gasteiger partial charge is 0.220 e. The first-order valence-corrected chi connectivity index (χ1v) is 6.14. The maximum Gasteiger partial charge on any atom is 0.220 e. The fourth-order valence-electron chi connectivity index (χ4n) is 1.63. The molecular weight excluding hydrogens is 200 g/mol. The molecule has 3 nitrogen and oxygen atoms in total. The molecule has 1 atom stereocenters. The van der Waals surface area contributed by atoms with E-state index in [2.05, 4.69) is 18.2 Å². The monoisotopic (exact) mass is 224 g/mol. The highest BCUT2D eigenvalue weighted by molar-refractivity contribution is 5.75. The lowest BCUT2D eigenvalue weighted by Crippen LogP contribution is -2.24. The molecule has 3 heteroatoms. The summed E-state index contributed by atoms with van der Waals surface area (Å²) in [6.07, 6.45) is 10.4. The van der Waals surface area contributed by atoms with E-state index in [9.17, 15) is 4.79 Å². The van der Waals surface area contributed by atoms with Gasteiger partial charge in [0.2, 0.25) is 5.91 Å². The highest BCUT2D eigenvalue weighted by Crippen LogP contribution is 2.14. The second-order valence-corrected chi connectivity index (χ2v) is 4.05. The summed E-state index contributed by atoms with van der Waals surface area (Å²) in [6.45, 7) is 3.55. The van der Waals surface area contributed by atoms with Crippen LogP contribution in [0, 0.1) is 18.3 Å². The molecule has 0 rings (SSSR count). The summed E-state index contributed by atoms with van der Waals surface area (Å²) < 4.78 is 0. The zero-order valence-electron chi connectivity index (χ0n) is 10.3. The molecule has 0 spiro atoms. The lowest BCUT2D eigenvalue weighted by atomic mass is 9.96. The maximum atomic E-state index is 11.4. The topological polar surface area (TPSA) is 55.1 Å². The van der Waals surface area contributed by atoms with Crippen LogP contribution in [-0.2, 0) is 4.79 Å². The average molecular weight is 224 g/mol. The molecule has 0 aromatic rings. The summed E-state index contributed by atoms with van der Waals surface area (Å²) in [7, 11) is 0. The Balaban J connectivity index is 3.52. The quantitative estimate of drug-likeness (QED) is 0.462. The highest BCUT2D eigenvalue weighted by atomic mass is 16.1. The molecule has 0 heterocycles. The number of nitrogens with one attached hydrogen (secondary N) is 1. The van der Waals surface area contributed by atoms with E-state index in [0.29, 0.717) is 25.4 Å². The van der Waals surface area contributed by atoms with Crippen molar-refractivity contribution >= 4 is 5.91 Å². The molecule has 1 amide bonds. The van der Waals surface area contributed by atoms with E-state index in [1.165, 1.54) is 0 Å². The van der Waals surface area contributed by atoms with Gasteiger partial charge in [0.25, 0.3) is 0 Å². The van der Waals surface area contributed by atoms with Crippen LogP contribution in [0.1, 0.15) is 45.4 Å². The van der Waals surface area contributed by atoms with Crippen LogP contribution < -0.4 is 11.1 Å². The van der Waals surface area contributed by atoms with Crippen molar-refractivity contribution < 1.29 is 4.79 Å². The third-order valence-corrected chi connectivity index (χ3v) is 2.75. The van der Waals surface area contributed by atoms with Crippen LogP contribution in [-0.4, -0.2) is 19.0 Å². The number of carbonyl (C=O) groups excluding carboxylic acids is 1. The second kappa shape index (κ2) is 10.5. The standard InChI is InChI=1S/C13H24N2O/c1-3-5-6-11-15-13(16)8-7-12(4-2)9-10-14/h1,12H,4-11,14H2,2H3,(H,15,16). The number of hydrogen-bond donors (Lipinski definition) is 2. The van der Waals surface area contributed by atoms with Gasteiger partial charge < -0.3 is 11.1 Å². The maximum absolute atomic E-state index is 11.4. The molecule has 0 saturated carbocycles. The zero-order valence-corrected chi connectivity index (χ0v) is 10.3. The third kappa shape index (κ3) is 8.31. The average Bonchev–Trinajstić information content (AvgIpc) is 2.30. The lowest BCUT2D eigenvalue weighted by Gasteiger charge is -2.12. The van der Waals surface area contributed by atoms with Gasteiger partial charge in [-0.1, -0.05) is 13.3 Å². The van der Waals surface area contributed by atoms with Crippen LogP contribution in [0.4, 0.5) is 0 Å². The molecule has 0 aliphatic rings. The summed E-state index contributed by atoms with van der Waals surface area (Å²) in [4.78, 5) is 11.4. The first kappa shape index (κ1) is 15.0. The van der Waals surface area contributed by atoms with E-state index in [4.69, 9.17) is 12.2 Å². The molecule has 0 fully saturated rings. The predicted molar refractivity (Wildman–Crippen MR) is 67.8 cm³/mol. The number of unbranched alkanes of at least 4 members (excludes halogenated alkanes) is 1. The van der Waals surface area contributed by atoms with E-state index >= 15 is 0 Å². The number of nitrogens with two attached hydrogens (primary N) is 1. The van der Waals surface area contributed by atoms with Crippen LogP contribution in [0.5, 0.6) is 0 Å². The minimum absolute atomic E-state index is 0.132. The van der Waals surface area contributed by atoms with Gasteiger partial charge in [-0.2, -0.15) is 0 Å².